The molecule has 1 aromatic carbocycles. The summed E-state index contributed by atoms with van der Waals surface area (Å²) in [5.41, 5.74) is 0.741. The average Bonchev–Trinajstić information content (AvgIpc) is 2.56. The van der Waals surface area contributed by atoms with Gasteiger partial charge in [-0.2, -0.15) is 0 Å². The molecule has 2 rings (SSSR count). The van der Waals surface area contributed by atoms with Gasteiger partial charge in [0.1, 0.15) is 11.6 Å². The molecule has 1 aromatic rings. The molecule has 0 spiro atoms. The normalized spacial score (nSPS) is 21.6. The third kappa shape index (κ3) is 3.43. The molecule has 0 aliphatic carbocycles. The van der Waals surface area contributed by atoms with Crippen molar-refractivity contribution in [1.29, 1.82) is 0 Å². The molecule has 0 bridgehead atoms. The fourth-order valence-electron chi connectivity index (χ4n) is 2.36. The molecule has 3 nitrogen and oxygen atoms in total. The van der Waals surface area contributed by atoms with E-state index < -0.39 is 0 Å². The lowest BCUT2D eigenvalue weighted by Gasteiger charge is -2.22. The molecule has 0 amide bonds. The first-order chi connectivity index (χ1) is 8.69. The summed E-state index contributed by atoms with van der Waals surface area (Å²) in [6, 6.07) is 5.55. The van der Waals surface area contributed by atoms with Gasteiger partial charge in [-0.3, -0.25) is 4.90 Å². The number of halogens is 1. The molecular formula is C14H21FN2O. The van der Waals surface area contributed by atoms with E-state index in [-0.39, 0.29) is 5.82 Å². The van der Waals surface area contributed by atoms with E-state index in [0.717, 1.165) is 31.6 Å². The number of hydrogen-bond donors (Lipinski definition) is 1. The van der Waals surface area contributed by atoms with E-state index in [0.29, 0.717) is 18.3 Å². The van der Waals surface area contributed by atoms with Crippen molar-refractivity contribution >= 4 is 0 Å². The first-order valence-corrected chi connectivity index (χ1v) is 6.47. The van der Waals surface area contributed by atoms with Crippen molar-refractivity contribution in [2.75, 3.05) is 26.7 Å². The van der Waals surface area contributed by atoms with Crippen molar-refractivity contribution in [3.8, 4) is 5.75 Å². The first-order valence-electron chi connectivity index (χ1n) is 6.47. The smallest absolute Gasteiger partial charge is 0.131 e. The molecule has 1 saturated heterocycles. The summed E-state index contributed by atoms with van der Waals surface area (Å²) < 4.78 is 18.9. The molecule has 0 aromatic heterocycles. The van der Waals surface area contributed by atoms with E-state index in [1.54, 1.807) is 7.11 Å². The maximum absolute atomic E-state index is 13.9. The monoisotopic (exact) mass is 252 g/mol. The Morgan fingerprint density at radius 3 is 3.06 bits per heavy atom. The topological polar surface area (TPSA) is 24.5 Å². The summed E-state index contributed by atoms with van der Waals surface area (Å²) in [6.07, 6.45) is 1.11. The van der Waals surface area contributed by atoms with E-state index in [2.05, 4.69) is 17.1 Å². The van der Waals surface area contributed by atoms with Crippen LogP contribution in [0.25, 0.3) is 0 Å². The second-order valence-corrected chi connectivity index (χ2v) is 4.90. The SMILES string of the molecule is COc1ccc(CN2CCCNC(C)C2)c(F)c1. The number of benzene rings is 1. The zero-order valence-corrected chi connectivity index (χ0v) is 11.1. The summed E-state index contributed by atoms with van der Waals surface area (Å²) in [4.78, 5) is 2.30. The molecule has 1 N–H and O–H groups in total. The number of hydrogen-bond acceptors (Lipinski definition) is 3. The summed E-state index contributed by atoms with van der Waals surface area (Å²) in [5, 5.41) is 3.44. The Morgan fingerprint density at radius 2 is 2.33 bits per heavy atom. The molecule has 100 valence electrons. The van der Waals surface area contributed by atoms with Gasteiger partial charge in [-0.25, -0.2) is 4.39 Å². The highest BCUT2D eigenvalue weighted by atomic mass is 19.1. The molecule has 1 atom stereocenters. The highest BCUT2D eigenvalue weighted by molar-refractivity contribution is 5.28. The van der Waals surface area contributed by atoms with Crippen LogP contribution in [0, 0.1) is 5.82 Å². The van der Waals surface area contributed by atoms with Gasteiger partial charge in [-0.1, -0.05) is 6.07 Å². The van der Waals surface area contributed by atoms with Crippen molar-refractivity contribution < 1.29 is 9.13 Å². The largest absolute Gasteiger partial charge is 0.497 e. The maximum atomic E-state index is 13.9. The van der Waals surface area contributed by atoms with Crippen LogP contribution in [0.1, 0.15) is 18.9 Å². The quantitative estimate of drug-likeness (QED) is 0.890. The van der Waals surface area contributed by atoms with Crippen LogP contribution < -0.4 is 10.1 Å². The minimum Gasteiger partial charge on any atom is -0.497 e. The molecule has 1 heterocycles. The average molecular weight is 252 g/mol. The Labute approximate surface area is 108 Å². The van der Waals surface area contributed by atoms with E-state index in [1.807, 2.05) is 12.1 Å². The standard InChI is InChI=1S/C14H21FN2O/c1-11-9-17(7-3-6-16-11)10-12-4-5-13(18-2)8-14(12)15/h4-5,8,11,16H,3,6-7,9-10H2,1-2H3. The zero-order valence-electron chi connectivity index (χ0n) is 11.1. The molecule has 1 fully saturated rings. The fraction of sp³-hybridized carbons (Fsp3) is 0.571. The van der Waals surface area contributed by atoms with Crippen molar-refractivity contribution in [2.45, 2.75) is 25.9 Å². The van der Waals surface area contributed by atoms with Crippen LogP contribution in [0.5, 0.6) is 5.75 Å². The molecule has 18 heavy (non-hydrogen) atoms. The van der Waals surface area contributed by atoms with Crippen molar-refractivity contribution in [1.82, 2.24) is 10.2 Å². The van der Waals surface area contributed by atoms with Crippen LogP contribution in [0.3, 0.4) is 0 Å². The predicted octanol–water partition coefficient (Wildman–Crippen LogP) is 2.02. The Bertz CT molecular complexity index is 397. The Morgan fingerprint density at radius 1 is 1.50 bits per heavy atom. The van der Waals surface area contributed by atoms with E-state index >= 15 is 0 Å². The van der Waals surface area contributed by atoms with E-state index in [1.165, 1.54) is 6.07 Å². The third-order valence-corrected chi connectivity index (χ3v) is 3.33. The van der Waals surface area contributed by atoms with Gasteiger partial charge in [0.05, 0.1) is 7.11 Å². The van der Waals surface area contributed by atoms with Crippen molar-refractivity contribution in [2.24, 2.45) is 0 Å². The van der Waals surface area contributed by atoms with Crippen LogP contribution in [0.4, 0.5) is 4.39 Å². The van der Waals surface area contributed by atoms with Crippen molar-refractivity contribution in [3.05, 3.63) is 29.6 Å². The lowest BCUT2D eigenvalue weighted by Crippen LogP contribution is -2.35. The lowest BCUT2D eigenvalue weighted by atomic mass is 10.1. The maximum Gasteiger partial charge on any atom is 0.131 e. The summed E-state index contributed by atoms with van der Waals surface area (Å²) >= 11 is 0. The van der Waals surface area contributed by atoms with Gasteiger partial charge in [-0.15, -0.1) is 0 Å². The third-order valence-electron chi connectivity index (χ3n) is 3.33. The van der Waals surface area contributed by atoms with Crippen LogP contribution in [0.15, 0.2) is 18.2 Å². The van der Waals surface area contributed by atoms with Crippen LogP contribution in [-0.4, -0.2) is 37.7 Å². The molecule has 1 aliphatic rings. The molecule has 1 unspecified atom stereocenters. The Balaban J connectivity index is 2.03. The van der Waals surface area contributed by atoms with Gasteiger partial charge in [0.25, 0.3) is 0 Å². The second kappa shape index (κ2) is 6.16. The van der Waals surface area contributed by atoms with Crippen LogP contribution in [-0.2, 0) is 6.54 Å². The molecule has 1 aliphatic heterocycles. The van der Waals surface area contributed by atoms with Crippen molar-refractivity contribution in [3.63, 3.8) is 0 Å². The number of nitrogens with one attached hydrogen (secondary N) is 1. The second-order valence-electron chi connectivity index (χ2n) is 4.90. The first kappa shape index (κ1) is 13.3. The van der Waals surface area contributed by atoms with Crippen LogP contribution in [0.2, 0.25) is 0 Å². The van der Waals surface area contributed by atoms with Gasteiger partial charge < -0.3 is 10.1 Å². The number of ether oxygens (including phenoxy) is 1. The number of methoxy groups -OCH3 is 1. The van der Waals surface area contributed by atoms with E-state index in [4.69, 9.17) is 4.74 Å². The van der Waals surface area contributed by atoms with Gasteiger partial charge in [0.15, 0.2) is 0 Å². The minimum absolute atomic E-state index is 0.181. The summed E-state index contributed by atoms with van der Waals surface area (Å²) in [7, 11) is 1.55. The highest BCUT2D eigenvalue weighted by Gasteiger charge is 2.15. The van der Waals surface area contributed by atoms with E-state index in [9.17, 15) is 4.39 Å². The molecule has 0 saturated carbocycles. The number of nitrogens with zero attached hydrogens (tertiary/aromatic N) is 1. The Kier molecular flexibility index (Phi) is 4.55. The fourth-order valence-corrected chi connectivity index (χ4v) is 2.36. The lowest BCUT2D eigenvalue weighted by molar-refractivity contribution is 0.261. The summed E-state index contributed by atoms with van der Waals surface area (Å²) in [6.45, 7) is 5.86. The molecule has 0 radical (unpaired) electrons. The van der Waals surface area contributed by atoms with Gasteiger partial charge in [0, 0.05) is 30.8 Å². The molecular weight excluding hydrogens is 231 g/mol. The predicted molar refractivity (Wildman–Crippen MR) is 70.3 cm³/mol. The van der Waals surface area contributed by atoms with Gasteiger partial charge in [0.2, 0.25) is 0 Å². The molecule has 4 heteroatoms. The van der Waals surface area contributed by atoms with Gasteiger partial charge >= 0.3 is 0 Å². The highest BCUT2D eigenvalue weighted by Crippen LogP contribution is 2.18. The van der Waals surface area contributed by atoms with Gasteiger partial charge in [-0.05, 0) is 32.5 Å². The number of rotatable bonds is 3. The zero-order chi connectivity index (χ0) is 13.0. The summed E-state index contributed by atoms with van der Waals surface area (Å²) in [5.74, 6) is 0.390. The Hall–Kier alpha value is -1.13. The minimum atomic E-state index is -0.181. The van der Waals surface area contributed by atoms with Crippen LogP contribution >= 0.6 is 0 Å².